The van der Waals surface area contributed by atoms with Crippen LogP contribution in [0.3, 0.4) is 0 Å². The number of carboxylic acid groups (broad SMARTS) is 1. The molecule has 35 heavy (non-hydrogen) atoms. The number of nitrogens with two attached hydrogens (primary N) is 3. The molecule has 0 aliphatic heterocycles. The molecule has 1 rings (SSSR count). The van der Waals surface area contributed by atoms with E-state index in [0.717, 1.165) is 0 Å². The van der Waals surface area contributed by atoms with Crippen LogP contribution in [0.1, 0.15) is 31.7 Å². The van der Waals surface area contributed by atoms with Crippen LogP contribution in [0.4, 0.5) is 0 Å². The lowest BCUT2D eigenvalue weighted by molar-refractivity contribution is -0.142. The maximum Gasteiger partial charge on any atom is 0.325 e. The molecule has 0 radical (unpaired) electrons. The monoisotopic (exact) mass is 494 g/mol. The van der Waals surface area contributed by atoms with Crippen LogP contribution in [0.2, 0.25) is 0 Å². The summed E-state index contributed by atoms with van der Waals surface area (Å²) in [7, 11) is 0. The van der Waals surface area contributed by atoms with Crippen molar-refractivity contribution in [1.29, 1.82) is 0 Å². The van der Waals surface area contributed by atoms with Gasteiger partial charge in [-0.3, -0.25) is 28.8 Å². The van der Waals surface area contributed by atoms with Gasteiger partial charge in [-0.15, -0.1) is 0 Å². The Morgan fingerprint density at radius 2 is 1.40 bits per heavy atom. The summed E-state index contributed by atoms with van der Waals surface area (Å²) < 4.78 is 0. The van der Waals surface area contributed by atoms with E-state index in [1.807, 2.05) is 0 Å². The lowest BCUT2D eigenvalue weighted by Gasteiger charge is -2.24. The Balaban J connectivity index is 2.95. The number of hydrogen-bond donors (Lipinski definition) is 8. The van der Waals surface area contributed by atoms with Crippen molar-refractivity contribution in [2.45, 2.75) is 56.8 Å². The second-order valence-corrected chi connectivity index (χ2v) is 7.84. The predicted octanol–water partition coefficient (Wildman–Crippen LogP) is -3.04. The number of phenols is 1. The molecule has 1 aromatic carbocycles. The Morgan fingerprint density at radius 3 is 1.91 bits per heavy atom. The molecule has 4 atom stereocenters. The second-order valence-electron chi connectivity index (χ2n) is 7.84. The molecular formula is C21H30N6O8. The number of aliphatic carboxylic acids is 1. The molecule has 0 saturated carbocycles. The number of carbonyl (C=O) groups excluding carboxylic acids is 5. The van der Waals surface area contributed by atoms with E-state index in [1.165, 1.54) is 19.1 Å². The first kappa shape index (κ1) is 28.8. The molecule has 0 bridgehead atoms. The molecule has 14 heteroatoms. The summed E-state index contributed by atoms with van der Waals surface area (Å²) in [5, 5.41) is 25.0. The van der Waals surface area contributed by atoms with Crippen LogP contribution in [0, 0.1) is 0 Å². The molecule has 0 heterocycles. The number of carbonyl (C=O) groups is 6. The van der Waals surface area contributed by atoms with Crippen molar-refractivity contribution in [3.05, 3.63) is 29.8 Å². The summed E-state index contributed by atoms with van der Waals surface area (Å²) in [4.78, 5) is 71.4. The van der Waals surface area contributed by atoms with Gasteiger partial charge < -0.3 is 43.4 Å². The van der Waals surface area contributed by atoms with Crippen molar-refractivity contribution in [2.24, 2.45) is 17.2 Å². The van der Waals surface area contributed by atoms with Crippen molar-refractivity contribution < 1.29 is 39.0 Å². The average Bonchev–Trinajstić information content (AvgIpc) is 2.76. The third-order valence-corrected chi connectivity index (χ3v) is 4.81. The van der Waals surface area contributed by atoms with Crippen molar-refractivity contribution >= 4 is 35.5 Å². The van der Waals surface area contributed by atoms with E-state index in [0.29, 0.717) is 5.56 Å². The molecule has 0 fully saturated rings. The highest BCUT2D eigenvalue weighted by molar-refractivity contribution is 5.96. The highest BCUT2D eigenvalue weighted by atomic mass is 16.4. The Hall–Kier alpha value is -4.20. The van der Waals surface area contributed by atoms with Gasteiger partial charge in [0.1, 0.15) is 23.9 Å². The summed E-state index contributed by atoms with van der Waals surface area (Å²) >= 11 is 0. The van der Waals surface area contributed by atoms with E-state index in [-0.39, 0.29) is 25.0 Å². The fourth-order valence-electron chi connectivity index (χ4n) is 2.87. The normalized spacial score (nSPS) is 14.0. The Bertz CT molecular complexity index is 952. The van der Waals surface area contributed by atoms with Gasteiger partial charge in [-0.25, -0.2) is 0 Å². The molecule has 0 aromatic heterocycles. The topological polar surface area (TPSA) is 257 Å². The minimum Gasteiger partial charge on any atom is -0.508 e. The second kappa shape index (κ2) is 13.5. The average molecular weight is 495 g/mol. The molecule has 4 unspecified atom stereocenters. The van der Waals surface area contributed by atoms with E-state index in [4.69, 9.17) is 22.3 Å². The third-order valence-electron chi connectivity index (χ3n) is 4.81. The molecule has 0 spiro atoms. The van der Waals surface area contributed by atoms with E-state index >= 15 is 0 Å². The van der Waals surface area contributed by atoms with Gasteiger partial charge in [-0.1, -0.05) is 12.1 Å². The zero-order valence-electron chi connectivity index (χ0n) is 19.0. The predicted molar refractivity (Wildman–Crippen MR) is 121 cm³/mol. The molecule has 11 N–H and O–H groups in total. The summed E-state index contributed by atoms with van der Waals surface area (Å²) in [6, 6.07) is 0.621. The maximum absolute atomic E-state index is 12.8. The van der Waals surface area contributed by atoms with E-state index in [2.05, 4.69) is 16.0 Å². The molecule has 0 aliphatic rings. The zero-order chi connectivity index (χ0) is 26.7. The molecule has 0 aliphatic carbocycles. The Labute approximate surface area is 200 Å². The van der Waals surface area contributed by atoms with Crippen molar-refractivity contribution in [2.75, 3.05) is 0 Å². The highest BCUT2D eigenvalue weighted by Gasteiger charge is 2.30. The largest absolute Gasteiger partial charge is 0.508 e. The quantitative estimate of drug-likeness (QED) is 0.130. The number of carboxylic acids is 1. The van der Waals surface area contributed by atoms with Crippen LogP contribution in [-0.2, 0) is 35.2 Å². The summed E-state index contributed by atoms with van der Waals surface area (Å²) in [6.45, 7) is 1.18. The maximum atomic E-state index is 12.8. The van der Waals surface area contributed by atoms with Gasteiger partial charge in [0.25, 0.3) is 0 Å². The summed E-state index contributed by atoms with van der Waals surface area (Å²) in [5.74, 6) is -5.72. The van der Waals surface area contributed by atoms with Crippen LogP contribution < -0.4 is 33.2 Å². The van der Waals surface area contributed by atoms with Crippen LogP contribution >= 0.6 is 0 Å². The Morgan fingerprint density at radius 1 is 0.857 bits per heavy atom. The molecule has 5 amide bonds. The number of amides is 5. The number of benzene rings is 1. The summed E-state index contributed by atoms with van der Waals surface area (Å²) in [5.41, 5.74) is 16.8. The minimum absolute atomic E-state index is 0.0299. The van der Waals surface area contributed by atoms with E-state index in [9.17, 15) is 33.9 Å². The van der Waals surface area contributed by atoms with Crippen LogP contribution in [-0.4, -0.2) is 69.9 Å². The summed E-state index contributed by atoms with van der Waals surface area (Å²) in [6.07, 6.45) is -1.12. The fourth-order valence-corrected chi connectivity index (χ4v) is 2.87. The number of phenolic OH excluding ortho intramolecular Hbond substituents is 1. The lowest BCUT2D eigenvalue weighted by Crippen LogP contribution is -2.57. The van der Waals surface area contributed by atoms with Gasteiger partial charge in [0.2, 0.25) is 29.5 Å². The standard InChI is InChI=1S/C21H30N6O8/c1-10(21(34)35)25-20(33)15(9-17(24)30)27-19(32)14(6-7-16(23)29)26-18(31)13(22)8-11-2-4-12(28)5-3-11/h2-5,10,13-15,28H,6-9,22H2,1H3,(H2,23,29)(H2,24,30)(H,25,33)(H,26,31)(H,27,32)(H,34,35). The van der Waals surface area contributed by atoms with Crippen LogP contribution in [0.15, 0.2) is 24.3 Å². The number of nitrogens with one attached hydrogen (secondary N) is 3. The van der Waals surface area contributed by atoms with E-state index < -0.39 is 66.1 Å². The molecule has 14 nitrogen and oxygen atoms in total. The number of rotatable bonds is 14. The van der Waals surface area contributed by atoms with E-state index in [1.54, 1.807) is 12.1 Å². The number of aromatic hydroxyl groups is 1. The number of primary amides is 2. The molecular weight excluding hydrogens is 464 g/mol. The number of hydrogen-bond acceptors (Lipinski definition) is 8. The van der Waals surface area contributed by atoms with Crippen LogP contribution in [0.5, 0.6) is 5.75 Å². The first-order valence-electron chi connectivity index (χ1n) is 10.5. The van der Waals surface area contributed by atoms with Gasteiger partial charge in [0, 0.05) is 6.42 Å². The SMILES string of the molecule is CC(NC(=O)C(CC(N)=O)NC(=O)C(CCC(N)=O)NC(=O)C(N)Cc1ccc(O)cc1)C(=O)O. The molecule has 1 aromatic rings. The Kier molecular flexibility index (Phi) is 11.1. The van der Waals surface area contributed by atoms with Gasteiger partial charge in [-0.05, 0) is 37.5 Å². The smallest absolute Gasteiger partial charge is 0.325 e. The first-order valence-corrected chi connectivity index (χ1v) is 10.5. The zero-order valence-corrected chi connectivity index (χ0v) is 19.0. The lowest BCUT2D eigenvalue weighted by atomic mass is 10.0. The van der Waals surface area contributed by atoms with Crippen molar-refractivity contribution in [1.82, 2.24) is 16.0 Å². The molecule has 0 saturated heterocycles. The van der Waals surface area contributed by atoms with Gasteiger partial charge in [0.15, 0.2) is 0 Å². The van der Waals surface area contributed by atoms with Crippen LogP contribution in [0.25, 0.3) is 0 Å². The first-order chi connectivity index (χ1) is 16.3. The minimum atomic E-state index is -1.54. The highest BCUT2D eigenvalue weighted by Crippen LogP contribution is 2.11. The van der Waals surface area contributed by atoms with Gasteiger partial charge in [-0.2, -0.15) is 0 Å². The van der Waals surface area contributed by atoms with Gasteiger partial charge >= 0.3 is 5.97 Å². The van der Waals surface area contributed by atoms with Gasteiger partial charge in [0.05, 0.1) is 12.5 Å². The fraction of sp³-hybridized carbons (Fsp3) is 0.429. The third kappa shape index (κ3) is 10.5. The van der Waals surface area contributed by atoms with Crippen molar-refractivity contribution in [3.63, 3.8) is 0 Å². The molecule has 192 valence electrons. The van der Waals surface area contributed by atoms with Crippen molar-refractivity contribution in [3.8, 4) is 5.75 Å².